The molecule has 0 amide bonds. The van der Waals surface area contributed by atoms with Crippen molar-refractivity contribution >= 4 is 23.4 Å². The fourth-order valence-corrected chi connectivity index (χ4v) is 3.02. The lowest BCUT2D eigenvalue weighted by atomic mass is 10.1. The van der Waals surface area contributed by atoms with E-state index in [0.29, 0.717) is 12.2 Å². The average Bonchev–Trinajstić information content (AvgIpc) is 2.96. The molecular weight excluding hydrogens is 402 g/mol. The van der Waals surface area contributed by atoms with Gasteiger partial charge in [-0.15, -0.1) is 0 Å². The maximum atomic E-state index is 13.2. The summed E-state index contributed by atoms with van der Waals surface area (Å²) in [7, 11) is 0. The van der Waals surface area contributed by atoms with Gasteiger partial charge in [0.05, 0.1) is 12.2 Å². The van der Waals surface area contributed by atoms with E-state index >= 15 is 0 Å². The lowest BCUT2D eigenvalue weighted by molar-refractivity contribution is 0.0474. The highest BCUT2D eigenvalue weighted by atomic mass is 35.5. The number of hydrogen-bond acceptors (Lipinski definition) is 4. The summed E-state index contributed by atoms with van der Waals surface area (Å²) in [6.07, 6.45) is 0. The van der Waals surface area contributed by atoms with Gasteiger partial charge < -0.3 is 4.74 Å². The minimum Gasteiger partial charge on any atom is -0.454 e. The Balaban J connectivity index is 1.70. The van der Waals surface area contributed by atoms with Gasteiger partial charge in [-0.05, 0) is 37.6 Å². The Bertz CT molecular complexity index is 1080. The van der Waals surface area contributed by atoms with Crippen LogP contribution >= 0.6 is 11.6 Å². The first-order valence-electron chi connectivity index (χ1n) is 8.70. The highest BCUT2D eigenvalue weighted by Crippen LogP contribution is 2.22. The van der Waals surface area contributed by atoms with Crippen molar-refractivity contribution in [3.63, 3.8) is 0 Å². The van der Waals surface area contributed by atoms with Gasteiger partial charge in [0, 0.05) is 5.56 Å². The highest BCUT2D eigenvalue weighted by molar-refractivity contribution is 6.32. The smallest absolute Gasteiger partial charge is 0.343 e. The Kier molecular flexibility index (Phi) is 6.08. The number of nitrogens with zero attached hydrogens (tertiary/aromatic N) is 2. The van der Waals surface area contributed by atoms with Crippen LogP contribution < -0.4 is 0 Å². The Hall–Kier alpha value is -3.06. The third-order valence-electron chi connectivity index (χ3n) is 4.30. The average molecular weight is 419 g/mol. The molecule has 0 unspecified atom stereocenters. The van der Waals surface area contributed by atoms with Crippen LogP contribution in [0.4, 0.5) is 8.78 Å². The minimum atomic E-state index is -1.15. The van der Waals surface area contributed by atoms with E-state index in [1.807, 2.05) is 31.2 Å². The van der Waals surface area contributed by atoms with Gasteiger partial charge in [0.25, 0.3) is 0 Å². The van der Waals surface area contributed by atoms with Gasteiger partial charge in [-0.2, -0.15) is 5.10 Å². The third kappa shape index (κ3) is 4.68. The fourth-order valence-electron chi connectivity index (χ4n) is 2.71. The fraction of sp³-hybridized carbons (Fsp3) is 0.190. The van der Waals surface area contributed by atoms with Crippen LogP contribution in [0.3, 0.4) is 0 Å². The first-order chi connectivity index (χ1) is 13.8. The first kappa shape index (κ1) is 20.7. The van der Waals surface area contributed by atoms with Crippen LogP contribution in [0.1, 0.15) is 37.5 Å². The molecule has 5 nitrogen and oxygen atoms in total. The molecule has 1 heterocycles. The summed E-state index contributed by atoms with van der Waals surface area (Å²) < 4.78 is 32.7. The summed E-state index contributed by atoms with van der Waals surface area (Å²) in [5.41, 5.74) is 2.37. The molecule has 0 N–H and O–H groups in total. The van der Waals surface area contributed by atoms with E-state index in [9.17, 15) is 18.4 Å². The van der Waals surface area contributed by atoms with E-state index in [0.717, 1.165) is 29.3 Å². The summed E-state index contributed by atoms with van der Waals surface area (Å²) >= 11 is 6.30. The van der Waals surface area contributed by atoms with Crippen LogP contribution in [-0.2, 0) is 11.3 Å². The quantitative estimate of drug-likeness (QED) is 0.436. The van der Waals surface area contributed by atoms with Crippen LogP contribution in [0.2, 0.25) is 5.15 Å². The SMILES string of the molecule is Cc1ccc(Cn2nc(C)c(C(=O)OCC(=O)c3ccc(F)c(F)c3)c2Cl)cc1. The first-order valence-corrected chi connectivity index (χ1v) is 9.08. The molecule has 8 heteroatoms. The molecule has 29 heavy (non-hydrogen) atoms. The molecule has 0 radical (unpaired) electrons. The standard InChI is InChI=1S/C21H17ClF2N2O3/c1-12-3-5-14(6-4-12)10-26-20(22)19(13(2)25-26)21(28)29-11-18(27)15-7-8-16(23)17(24)9-15/h3-9H,10-11H2,1-2H3. The number of carbonyl (C=O) groups is 2. The number of hydrogen-bond donors (Lipinski definition) is 0. The molecule has 3 aromatic rings. The molecule has 0 aliphatic carbocycles. The van der Waals surface area contributed by atoms with Gasteiger partial charge >= 0.3 is 5.97 Å². The number of aromatic nitrogens is 2. The molecular formula is C21H17ClF2N2O3. The number of Topliss-reactive ketones (excluding diaryl/α,β-unsaturated/α-hetero) is 1. The second-order valence-electron chi connectivity index (χ2n) is 6.52. The Morgan fingerprint density at radius 1 is 1.07 bits per heavy atom. The molecule has 0 saturated carbocycles. The van der Waals surface area contributed by atoms with E-state index < -0.39 is 30.0 Å². The van der Waals surface area contributed by atoms with E-state index in [2.05, 4.69) is 5.10 Å². The van der Waals surface area contributed by atoms with E-state index in [1.165, 1.54) is 4.68 Å². The predicted octanol–water partition coefficient (Wildman–Crippen LogP) is 4.52. The molecule has 3 rings (SSSR count). The van der Waals surface area contributed by atoms with E-state index in [1.54, 1.807) is 6.92 Å². The lowest BCUT2D eigenvalue weighted by Crippen LogP contribution is -2.15. The van der Waals surface area contributed by atoms with Gasteiger partial charge in [0.15, 0.2) is 24.0 Å². The van der Waals surface area contributed by atoms with E-state index in [4.69, 9.17) is 16.3 Å². The summed E-state index contributed by atoms with van der Waals surface area (Å²) in [6, 6.07) is 10.5. The van der Waals surface area contributed by atoms with Crippen LogP contribution in [0.25, 0.3) is 0 Å². The maximum Gasteiger partial charge on any atom is 0.343 e. The van der Waals surface area contributed by atoms with Gasteiger partial charge in [0.2, 0.25) is 0 Å². The number of aryl methyl sites for hydroxylation is 2. The van der Waals surface area contributed by atoms with Crippen molar-refractivity contribution in [2.24, 2.45) is 0 Å². The van der Waals surface area contributed by atoms with Crippen molar-refractivity contribution in [3.8, 4) is 0 Å². The summed E-state index contributed by atoms with van der Waals surface area (Å²) in [6.45, 7) is 3.31. The zero-order valence-electron chi connectivity index (χ0n) is 15.7. The second-order valence-corrected chi connectivity index (χ2v) is 6.88. The number of ketones is 1. The molecule has 150 valence electrons. The van der Waals surface area contributed by atoms with Crippen LogP contribution in [0, 0.1) is 25.5 Å². The Morgan fingerprint density at radius 2 is 1.76 bits per heavy atom. The Morgan fingerprint density at radius 3 is 2.41 bits per heavy atom. The van der Waals surface area contributed by atoms with Gasteiger partial charge in [-0.25, -0.2) is 18.3 Å². The number of ether oxygens (including phenoxy) is 1. The van der Waals surface area contributed by atoms with Gasteiger partial charge in [0.1, 0.15) is 10.7 Å². The second kappa shape index (κ2) is 8.53. The Labute approximate surface area is 170 Å². The van der Waals surface area contributed by atoms with Crippen molar-refractivity contribution in [2.45, 2.75) is 20.4 Å². The number of benzene rings is 2. The molecule has 0 fully saturated rings. The number of carbonyl (C=O) groups excluding carboxylic acids is 2. The zero-order chi connectivity index (χ0) is 21.1. The van der Waals surface area contributed by atoms with Crippen molar-refractivity contribution in [2.75, 3.05) is 6.61 Å². The van der Waals surface area contributed by atoms with Crippen molar-refractivity contribution in [1.29, 1.82) is 0 Å². The number of esters is 1. The van der Waals surface area contributed by atoms with Crippen LogP contribution in [0.5, 0.6) is 0 Å². The van der Waals surface area contributed by atoms with Crippen molar-refractivity contribution < 1.29 is 23.1 Å². The predicted molar refractivity (Wildman–Crippen MR) is 103 cm³/mol. The molecule has 0 atom stereocenters. The normalized spacial score (nSPS) is 10.8. The van der Waals surface area contributed by atoms with Crippen LogP contribution in [-0.4, -0.2) is 28.1 Å². The zero-order valence-corrected chi connectivity index (χ0v) is 16.5. The monoisotopic (exact) mass is 418 g/mol. The van der Waals surface area contributed by atoms with Gasteiger partial charge in [-0.3, -0.25) is 4.79 Å². The molecule has 0 saturated heterocycles. The van der Waals surface area contributed by atoms with Crippen LogP contribution in [0.15, 0.2) is 42.5 Å². The number of halogens is 3. The molecule has 0 aliphatic rings. The van der Waals surface area contributed by atoms with Crippen molar-refractivity contribution in [1.82, 2.24) is 9.78 Å². The minimum absolute atomic E-state index is 0.0527. The van der Waals surface area contributed by atoms with Gasteiger partial charge in [-0.1, -0.05) is 41.4 Å². The topological polar surface area (TPSA) is 61.2 Å². The molecule has 2 aromatic carbocycles. The number of rotatable bonds is 6. The molecule has 0 aliphatic heterocycles. The molecule has 0 bridgehead atoms. The summed E-state index contributed by atoms with van der Waals surface area (Å²) in [5, 5.41) is 4.35. The molecule has 0 spiro atoms. The third-order valence-corrected chi connectivity index (χ3v) is 4.68. The highest BCUT2D eigenvalue weighted by Gasteiger charge is 2.23. The largest absolute Gasteiger partial charge is 0.454 e. The molecule has 1 aromatic heterocycles. The van der Waals surface area contributed by atoms with Crippen molar-refractivity contribution in [3.05, 3.63) is 87.2 Å². The summed E-state index contributed by atoms with van der Waals surface area (Å²) in [4.78, 5) is 24.5. The van der Waals surface area contributed by atoms with E-state index in [-0.39, 0.29) is 16.3 Å². The maximum absolute atomic E-state index is 13.2. The lowest BCUT2D eigenvalue weighted by Gasteiger charge is -2.06. The summed E-state index contributed by atoms with van der Waals surface area (Å²) in [5.74, 6) is -3.71.